The maximum atomic E-state index is 5.65. The molecule has 0 saturated carbocycles. The Labute approximate surface area is 99.2 Å². The van der Waals surface area contributed by atoms with Gasteiger partial charge in [-0.3, -0.25) is 4.98 Å². The van der Waals surface area contributed by atoms with Crippen LogP contribution in [-0.4, -0.2) is 16.5 Å². The SMILES string of the molecule is C=C(Cl)CNCc1cnc2ccccc2n1. The highest BCUT2D eigenvalue weighted by atomic mass is 35.5. The van der Waals surface area contributed by atoms with Gasteiger partial charge in [0.05, 0.1) is 22.9 Å². The summed E-state index contributed by atoms with van der Waals surface area (Å²) in [5.41, 5.74) is 2.72. The Morgan fingerprint density at radius 2 is 2.06 bits per heavy atom. The van der Waals surface area contributed by atoms with E-state index < -0.39 is 0 Å². The molecule has 3 nitrogen and oxygen atoms in total. The third kappa shape index (κ3) is 2.78. The van der Waals surface area contributed by atoms with E-state index in [1.807, 2.05) is 24.3 Å². The molecule has 0 fully saturated rings. The maximum absolute atomic E-state index is 5.65. The largest absolute Gasteiger partial charge is 0.306 e. The Hall–Kier alpha value is -1.45. The van der Waals surface area contributed by atoms with E-state index in [0.29, 0.717) is 18.1 Å². The number of hydrogen-bond donors (Lipinski definition) is 1. The molecule has 0 atom stereocenters. The molecule has 1 aromatic carbocycles. The van der Waals surface area contributed by atoms with Crippen molar-refractivity contribution in [2.24, 2.45) is 0 Å². The highest BCUT2D eigenvalue weighted by molar-refractivity contribution is 6.29. The predicted molar refractivity (Wildman–Crippen MR) is 66.2 cm³/mol. The van der Waals surface area contributed by atoms with Crippen LogP contribution in [0.2, 0.25) is 0 Å². The molecule has 0 saturated heterocycles. The lowest BCUT2D eigenvalue weighted by Gasteiger charge is -2.03. The first kappa shape index (κ1) is 11.0. The average molecular weight is 234 g/mol. The lowest BCUT2D eigenvalue weighted by atomic mass is 10.3. The summed E-state index contributed by atoms with van der Waals surface area (Å²) in [5, 5.41) is 3.72. The smallest absolute Gasteiger partial charge is 0.0890 e. The van der Waals surface area contributed by atoms with Crippen LogP contribution in [0, 0.1) is 0 Å². The number of fused-ring (bicyclic) bond motifs is 1. The third-order valence-electron chi connectivity index (χ3n) is 2.12. The number of nitrogens with zero attached hydrogens (tertiary/aromatic N) is 2. The van der Waals surface area contributed by atoms with E-state index in [1.54, 1.807) is 6.20 Å². The molecule has 0 bridgehead atoms. The average Bonchev–Trinajstić information content (AvgIpc) is 2.28. The lowest BCUT2D eigenvalue weighted by molar-refractivity contribution is 0.735. The van der Waals surface area contributed by atoms with E-state index in [9.17, 15) is 0 Å². The summed E-state index contributed by atoms with van der Waals surface area (Å²) < 4.78 is 0. The van der Waals surface area contributed by atoms with Crippen molar-refractivity contribution in [1.82, 2.24) is 15.3 Å². The Kier molecular flexibility index (Phi) is 3.49. The van der Waals surface area contributed by atoms with Crippen LogP contribution in [0.1, 0.15) is 5.69 Å². The van der Waals surface area contributed by atoms with Crippen molar-refractivity contribution in [3.8, 4) is 0 Å². The zero-order valence-electron chi connectivity index (χ0n) is 8.78. The molecule has 0 amide bonds. The summed E-state index contributed by atoms with van der Waals surface area (Å²) in [6.45, 7) is 4.83. The standard InChI is InChI=1S/C12H12ClN3/c1-9(13)6-14-7-10-8-15-11-4-2-3-5-12(11)16-10/h2-5,8,14H,1,6-7H2. The quantitative estimate of drug-likeness (QED) is 0.882. The summed E-state index contributed by atoms with van der Waals surface area (Å²) >= 11 is 5.65. The first-order valence-electron chi connectivity index (χ1n) is 5.00. The number of para-hydroxylation sites is 2. The van der Waals surface area contributed by atoms with Crippen LogP contribution < -0.4 is 5.32 Å². The number of nitrogens with one attached hydrogen (secondary N) is 1. The molecule has 0 spiro atoms. The molecule has 0 aliphatic carbocycles. The zero-order valence-corrected chi connectivity index (χ0v) is 9.54. The molecule has 1 N–H and O–H groups in total. The van der Waals surface area contributed by atoms with Crippen molar-refractivity contribution in [3.63, 3.8) is 0 Å². The molecule has 2 aromatic rings. The van der Waals surface area contributed by atoms with Gasteiger partial charge in [-0.15, -0.1) is 0 Å². The summed E-state index contributed by atoms with van der Waals surface area (Å²) in [6, 6.07) is 7.80. The van der Waals surface area contributed by atoms with Gasteiger partial charge in [-0.25, -0.2) is 4.98 Å². The van der Waals surface area contributed by atoms with E-state index in [1.165, 1.54) is 0 Å². The van der Waals surface area contributed by atoms with Crippen LogP contribution in [0.4, 0.5) is 0 Å². The Morgan fingerprint density at radius 3 is 2.81 bits per heavy atom. The van der Waals surface area contributed by atoms with Gasteiger partial charge < -0.3 is 5.32 Å². The minimum absolute atomic E-state index is 0.579. The summed E-state index contributed by atoms with van der Waals surface area (Å²) in [4.78, 5) is 8.80. The van der Waals surface area contributed by atoms with Gasteiger partial charge >= 0.3 is 0 Å². The minimum atomic E-state index is 0.579. The van der Waals surface area contributed by atoms with Gasteiger partial charge in [-0.2, -0.15) is 0 Å². The molecule has 0 radical (unpaired) electrons. The van der Waals surface area contributed by atoms with E-state index in [2.05, 4.69) is 21.9 Å². The number of halogens is 1. The predicted octanol–water partition coefficient (Wildman–Crippen LogP) is 2.47. The van der Waals surface area contributed by atoms with Crippen LogP contribution >= 0.6 is 11.6 Å². The molecule has 1 aromatic heterocycles. The summed E-state index contributed by atoms with van der Waals surface area (Å²) in [7, 11) is 0. The Bertz CT molecular complexity index is 510. The van der Waals surface area contributed by atoms with Gasteiger partial charge in [0, 0.05) is 18.1 Å². The van der Waals surface area contributed by atoms with Crippen LogP contribution in [0.5, 0.6) is 0 Å². The Morgan fingerprint density at radius 1 is 1.31 bits per heavy atom. The van der Waals surface area contributed by atoms with E-state index in [0.717, 1.165) is 16.7 Å². The molecular formula is C12H12ClN3. The second-order valence-electron chi connectivity index (χ2n) is 3.47. The van der Waals surface area contributed by atoms with Gasteiger partial charge in [0.15, 0.2) is 0 Å². The van der Waals surface area contributed by atoms with E-state index >= 15 is 0 Å². The topological polar surface area (TPSA) is 37.8 Å². The highest BCUT2D eigenvalue weighted by Crippen LogP contribution is 2.08. The highest BCUT2D eigenvalue weighted by Gasteiger charge is 1.98. The zero-order chi connectivity index (χ0) is 11.4. The van der Waals surface area contributed by atoms with Crippen molar-refractivity contribution in [2.45, 2.75) is 6.54 Å². The van der Waals surface area contributed by atoms with Gasteiger partial charge in [0.25, 0.3) is 0 Å². The fourth-order valence-electron chi connectivity index (χ4n) is 1.41. The van der Waals surface area contributed by atoms with Gasteiger partial charge in [-0.05, 0) is 12.1 Å². The summed E-state index contributed by atoms with van der Waals surface area (Å²) in [5.74, 6) is 0. The molecule has 0 unspecified atom stereocenters. The number of hydrogen-bond acceptors (Lipinski definition) is 3. The maximum Gasteiger partial charge on any atom is 0.0890 e. The van der Waals surface area contributed by atoms with E-state index in [4.69, 9.17) is 11.6 Å². The summed E-state index contributed by atoms with van der Waals surface area (Å²) in [6.07, 6.45) is 1.77. The van der Waals surface area contributed by atoms with Crippen LogP contribution in [0.3, 0.4) is 0 Å². The van der Waals surface area contributed by atoms with E-state index in [-0.39, 0.29) is 0 Å². The molecule has 0 aliphatic heterocycles. The number of benzene rings is 1. The van der Waals surface area contributed by atoms with Crippen molar-refractivity contribution in [2.75, 3.05) is 6.54 Å². The van der Waals surface area contributed by atoms with Gasteiger partial charge in [0.2, 0.25) is 0 Å². The van der Waals surface area contributed by atoms with Crippen LogP contribution in [-0.2, 0) is 6.54 Å². The number of aromatic nitrogens is 2. The first-order chi connectivity index (χ1) is 7.75. The molecule has 82 valence electrons. The van der Waals surface area contributed by atoms with Crippen LogP contribution in [0.15, 0.2) is 42.1 Å². The minimum Gasteiger partial charge on any atom is -0.306 e. The van der Waals surface area contributed by atoms with Crippen molar-refractivity contribution >= 4 is 22.6 Å². The molecule has 1 heterocycles. The van der Waals surface area contributed by atoms with Crippen LogP contribution in [0.25, 0.3) is 11.0 Å². The molecule has 4 heteroatoms. The van der Waals surface area contributed by atoms with Gasteiger partial charge in [0.1, 0.15) is 0 Å². The number of rotatable bonds is 4. The van der Waals surface area contributed by atoms with Crippen molar-refractivity contribution < 1.29 is 0 Å². The monoisotopic (exact) mass is 233 g/mol. The fraction of sp³-hybridized carbons (Fsp3) is 0.167. The molecule has 2 rings (SSSR count). The Balaban J connectivity index is 2.10. The third-order valence-corrected chi connectivity index (χ3v) is 2.26. The molecule has 0 aliphatic rings. The first-order valence-corrected chi connectivity index (χ1v) is 5.38. The molecule has 16 heavy (non-hydrogen) atoms. The normalized spacial score (nSPS) is 10.6. The van der Waals surface area contributed by atoms with Crippen molar-refractivity contribution in [3.05, 3.63) is 47.8 Å². The lowest BCUT2D eigenvalue weighted by Crippen LogP contribution is -2.15. The molecular weight excluding hydrogens is 222 g/mol. The van der Waals surface area contributed by atoms with Gasteiger partial charge in [-0.1, -0.05) is 30.3 Å². The fourth-order valence-corrected chi connectivity index (χ4v) is 1.50. The second-order valence-corrected chi connectivity index (χ2v) is 4.01. The van der Waals surface area contributed by atoms with Crippen molar-refractivity contribution in [1.29, 1.82) is 0 Å². The second kappa shape index (κ2) is 5.05.